The standard InChI is InChI=1S/C52H59ClN4O8/c1-7-32-24-33-27-51(48(60)63-6,43-35(18-22-56(28-32)29-33)34-14-10-12-17-40(34)54-43)38-25-37-41(26-42(38)62-5)55(4)46-50(37)20-23-57-21-13-19-49(8-2,45(50)57)47(65-31(3)58)52(46,61)30-64-44(59)36-15-9-11-16-39(36)53/h9-17,19,24-26,33,45-47,54,61H,7-8,18,20-23,27-30H2,1-6H3/t33-,45-,46+,47+,49+,50+,51-,52-/m0/s1. The molecule has 0 amide bonds. The lowest BCUT2D eigenvalue weighted by atomic mass is 9.47. The average Bonchev–Trinajstić information content (AvgIpc) is 3.97. The molecule has 1 aromatic heterocycles. The highest BCUT2D eigenvalue weighted by Crippen LogP contribution is 2.68. The third-order valence-corrected chi connectivity index (χ3v) is 16.5. The molecule has 2 bridgehead atoms. The quantitative estimate of drug-likeness (QED) is 0.101. The lowest BCUT2D eigenvalue weighted by Gasteiger charge is -2.64. The molecule has 4 aromatic rings. The molecule has 1 unspecified atom stereocenters. The molecule has 1 saturated carbocycles. The van der Waals surface area contributed by atoms with Crippen LogP contribution in [0.3, 0.4) is 0 Å². The molecule has 6 heterocycles. The molecule has 12 nitrogen and oxygen atoms in total. The molecule has 1 saturated heterocycles. The summed E-state index contributed by atoms with van der Waals surface area (Å²) in [5, 5.41) is 15.2. The fraction of sp³-hybridized carbons (Fsp3) is 0.481. The van der Waals surface area contributed by atoms with Crippen LogP contribution in [-0.2, 0) is 41.1 Å². The van der Waals surface area contributed by atoms with Gasteiger partial charge in [-0.15, -0.1) is 0 Å². The second-order valence-electron chi connectivity index (χ2n) is 19.2. The molecule has 2 N–H and O–H groups in total. The predicted molar refractivity (Wildman–Crippen MR) is 249 cm³/mol. The first-order valence-corrected chi connectivity index (χ1v) is 23.5. The van der Waals surface area contributed by atoms with Gasteiger partial charge in [0.2, 0.25) is 0 Å². The number of carbonyl (C=O) groups is 3. The zero-order valence-corrected chi connectivity index (χ0v) is 38.9. The highest BCUT2D eigenvalue weighted by atomic mass is 35.5. The molecule has 1 aliphatic carbocycles. The van der Waals surface area contributed by atoms with Crippen LogP contribution >= 0.6 is 11.6 Å². The lowest BCUT2D eigenvalue weighted by Crippen LogP contribution is -2.80. The SMILES string of the molecule is CCC1=C[C@@H]2CN(CCc3c([nH]c4ccccc34)[C@@](C(=O)OC)(c3cc4c(cc3OC)N(C)[C@H]3[C@@](O)(COC(=O)c5ccccc5Cl)[C@H](OC(C)=O)[C@]5(CC)C=CCN6CC[C@]43[C@@H]65)C2)C1. The summed E-state index contributed by atoms with van der Waals surface area (Å²) in [5.41, 5.74) is 1.76. The highest BCUT2D eigenvalue weighted by molar-refractivity contribution is 6.33. The Kier molecular flexibility index (Phi) is 10.8. The smallest absolute Gasteiger partial charge is 0.339 e. The van der Waals surface area contributed by atoms with E-state index in [4.69, 9.17) is 30.5 Å². The molecule has 5 aliphatic heterocycles. The maximum Gasteiger partial charge on any atom is 0.339 e. The molecule has 13 heteroatoms. The van der Waals surface area contributed by atoms with E-state index >= 15 is 4.79 Å². The average molecular weight is 904 g/mol. The van der Waals surface area contributed by atoms with Gasteiger partial charge in [0.05, 0.1) is 30.8 Å². The summed E-state index contributed by atoms with van der Waals surface area (Å²) in [6.45, 7) is 9.03. The van der Waals surface area contributed by atoms with Gasteiger partial charge >= 0.3 is 17.9 Å². The highest BCUT2D eigenvalue weighted by Gasteiger charge is 2.78. The van der Waals surface area contributed by atoms with Crippen LogP contribution in [0.25, 0.3) is 10.9 Å². The Morgan fingerprint density at radius 1 is 1.00 bits per heavy atom. The minimum atomic E-state index is -1.95. The van der Waals surface area contributed by atoms with Crippen molar-refractivity contribution in [2.45, 2.75) is 87.5 Å². The van der Waals surface area contributed by atoms with E-state index in [0.717, 1.165) is 65.9 Å². The number of likely N-dealkylation sites (N-methyl/N-ethyl adjacent to an activating group) is 1. The largest absolute Gasteiger partial charge is 0.496 e. The van der Waals surface area contributed by atoms with Crippen LogP contribution in [0.2, 0.25) is 5.02 Å². The van der Waals surface area contributed by atoms with Gasteiger partial charge in [-0.2, -0.15) is 0 Å². The van der Waals surface area contributed by atoms with Gasteiger partial charge in [-0.1, -0.05) is 79.6 Å². The van der Waals surface area contributed by atoms with Crippen molar-refractivity contribution in [2.75, 3.05) is 65.5 Å². The molecular weight excluding hydrogens is 844 g/mol. The summed E-state index contributed by atoms with van der Waals surface area (Å²) in [6, 6.07) is 18.1. The Labute approximate surface area is 385 Å². The van der Waals surface area contributed by atoms with Crippen molar-refractivity contribution in [1.29, 1.82) is 0 Å². The normalized spacial score (nSPS) is 32.2. The van der Waals surface area contributed by atoms with E-state index in [1.165, 1.54) is 19.6 Å². The van der Waals surface area contributed by atoms with E-state index in [1.54, 1.807) is 31.4 Å². The van der Waals surface area contributed by atoms with Crippen LogP contribution in [0.1, 0.15) is 79.2 Å². The molecule has 3 aromatic carbocycles. The van der Waals surface area contributed by atoms with Crippen molar-refractivity contribution < 1.29 is 38.4 Å². The van der Waals surface area contributed by atoms with Crippen LogP contribution in [0.15, 0.2) is 84.5 Å². The number of aromatic amines is 1. The Bertz CT molecular complexity index is 2660. The van der Waals surface area contributed by atoms with E-state index in [2.05, 4.69) is 70.0 Å². The van der Waals surface area contributed by atoms with Gasteiger partial charge in [-0.05, 0) is 80.0 Å². The Morgan fingerprint density at radius 3 is 2.52 bits per heavy atom. The number of hydrogen-bond acceptors (Lipinski definition) is 11. The lowest BCUT2D eigenvalue weighted by molar-refractivity contribution is -0.228. The number of esters is 3. The van der Waals surface area contributed by atoms with Gasteiger partial charge in [0, 0.05) is 90.9 Å². The molecule has 342 valence electrons. The van der Waals surface area contributed by atoms with Gasteiger partial charge in [0.25, 0.3) is 0 Å². The Morgan fingerprint density at radius 2 is 1.78 bits per heavy atom. The van der Waals surface area contributed by atoms with Crippen molar-refractivity contribution >= 4 is 46.1 Å². The number of rotatable bonds is 9. The van der Waals surface area contributed by atoms with Crippen LogP contribution in [0.4, 0.5) is 5.69 Å². The number of nitrogens with zero attached hydrogens (tertiary/aromatic N) is 3. The monoisotopic (exact) mass is 902 g/mol. The number of halogens is 1. The summed E-state index contributed by atoms with van der Waals surface area (Å²) in [4.78, 5) is 53.5. The van der Waals surface area contributed by atoms with Crippen LogP contribution in [0, 0.1) is 11.3 Å². The first-order valence-electron chi connectivity index (χ1n) is 23.1. The number of aliphatic hydroxyl groups is 1. The van der Waals surface area contributed by atoms with Gasteiger partial charge in [0.15, 0.2) is 5.60 Å². The van der Waals surface area contributed by atoms with E-state index in [1.807, 2.05) is 25.2 Å². The first kappa shape index (κ1) is 43.7. The summed E-state index contributed by atoms with van der Waals surface area (Å²) < 4.78 is 25.0. The molecule has 6 aliphatic rings. The fourth-order valence-electron chi connectivity index (χ4n) is 13.9. The van der Waals surface area contributed by atoms with Crippen molar-refractivity contribution in [3.8, 4) is 5.75 Å². The summed E-state index contributed by atoms with van der Waals surface area (Å²) >= 11 is 6.50. The van der Waals surface area contributed by atoms with Crippen molar-refractivity contribution in [2.24, 2.45) is 11.3 Å². The zero-order valence-electron chi connectivity index (χ0n) is 38.1. The molecule has 10 rings (SSSR count). The number of benzene rings is 3. The number of fused-ring (bicyclic) bond motifs is 6. The number of nitrogens with one attached hydrogen (secondary N) is 1. The predicted octanol–water partition coefficient (Wildman–Crippen LogP) is 7.13. The van der Waals surface area contributed by atoms with E-state index < -0.39 is 52.5 Å². The van der Waals surface area contributed by atoms with Crippen LogP contribution < -0.4 is 9.64 Å². The molecule has 0 radical (unpaired) electrons. The van der Waals surface area contributed by atoms with Gasteiger partial charge in [-0.25, -0.2) is 4.79 Å². The minimum Gasteiger partial charge on any atom is -0.496 e. The van der Waals surface area contributed by atoms with Crippen LogP contribution in [0.5, 0.6) is 5.75 Å². The Hall–Kier alpha value is -5.14. The third kappa shape index (κ3) is 6.22. The molecule has 9 atom stereocenters. The topological polar surface area (TPSA) is 134 Å². The Balaban J connectivity index is 1.24. The third-order valence-electron chi connectivity index (χ3n) is 16.2. The zero-order chi connectivity index (χ0) is 45.6. The van der Waals surface area contributed by atoms with Crippen molar-refractivity contribution in [1.82, 2.24) is 14.8 Å². The van der Waals surface area contributed by atoms with E-state index in [0.29, 0.717) is 43.7 Å². The van der Waals surface area contributed by atoms with Crippen molar-refractivity contribution in [3.05, 3.63) is 117 Å². The number of aromatic nitrogens is 1. The minimum absolute atomic E-state index is 0.0111. The summed E-state index contributed by atoms with van der Waals surface area (Å²) in [7, 11) is 5.06. The number of carbonyl (C=O) groups excluding carboxylic acids is 3. The van der Waals surface area contributed by atoms with Gasteiger partial charge in [0.1, 0.15) is 23.9 Å². The first-order chi connectivity index (χ1) is 31.3. The number of anilines is 1. The molecular formula is C52H59ClN4O8. The summed E-state index contributed by atoms with van der Waals surface area (Å²) in [5.74, 6) is -1.10. The second kappa shape index (κ2) is 16.0. The molecule has 65 heavy (non-hydrogen) atoms. The number of ether oxygens (including phenoxy) is 4. The number of H-pyrrole nitrogens is 1. The van der Waals surface area contributed by atoms with E-state index in [-0.39, 0.29) is 28.5 Å². The number of para-hydroxylation sites is 1. The summed E-state index contributed by atoms with van der Waals surface area (Å²) in [6.07, 6.45) is 8.71. The fourth-order valence-corrected chi connectivity index (χ4v) is 14.1. The van der Waals surface area contributed by atoms with Crippen LogP contribution in [-0.4, -0.2) is 122 Å². The second-order valence-corrected chi connectivity index (χ2v) is 19.6. The van der Waals surface area contributed by atoms with Gasteiger partial charge < -0.3 is 33.9 Å². The van der Waals surface area contributed by atoms with Gasteiger partial charge in [-0.3, -0.25) is 19.4 Å². The maximum absolute atomic E-state index is 15.4. The van der Waals surface area contributed by atoms with Crippen molar-refractivity contribution in [3.63, 3.8) is 0 Å². The number of methoxy groups -OCH3 is 2. The number of hydrogen-bond donors (Lipinski definition) is 2. The molecule has 1 spiro atoms. The molecule has 2 fully saturated rings. The van der Waals surface area contributed by atoms with E-state index in [9.17, 15) is 14.7 Å². The maximum atomic E-state index is 15.4.